The van der Waals surface area contributed by atoms with Crippen molar-refractivity contribution in [3.8, 4) is 17.2 Å². The van der Waals surface area contributed by atoms with Crippen LogP contribution in [0.1, 0.15) is 21.5 Å². The third-order valence-electron chi connectivity index (χ3n) is 3.77. The molecule has 0 aromatic heterocycles. The highest BCUT2D eigenvalue weighted by atomic mass is 16.5. The first kappa shape index (κ1) is 17.3. The zero-order chi connectivity index (χ0) is 17.9. The molecule has 0 atom stereocenters. The van der Waals surface area contributed by atoms with E-state index in [1.165, 1.54) is 21.3 Å². The van der Waals surface area contributed by atoms with Gasteiger partial charge in [0.15, 0.2) is 0 Å². The molecule has 0 unspecified atom stereocenters. The number of benzene rings is 2. The SMILES string of the molecule is COc1ccc(C(=N)C(=O)c2cc(OC)c(C)c(OC)c2)c(N)c1. The van der Waals surface area contributed by atoms with Crippen LogP contribution in [0.15, 0.2) is 30.3 Å². The molecule has 126 valence electrons. The molecule has 2 rings (SSSR count). The zero-order valence-electron chi connectivity index (χ0n) is 14.1. The summed E-state index contributed by atoms with van der Waals surface area (Å²) in [6.07, 6.45) is 0. The molecule has 0 amide bonds. The van der Waals surface area contributed by atoms with Gasteiger partial charge >= 0.3 is 0 Å². The summed E-state index contributed by atoms with van der Waals surface area (Å²) in [6.45, 7) is 1.83. The van der Waals surface area contributed by atoms with Crippen molar-refractivity contribution in [3.05, 3.63) is 47.0 Å². The molecular formula is C18H20N2O4. The van der Waals surface area contributed by atoms with Crippen molar-refractivity contribution in [1.29, 1.82) is 5.41 Å². The Bertz CT molecular complexity index is 775. The highest BCUT2D eigenvalue weighted by Crippen LogP contribution is 2.30. The number of nitrogens with two attached hydrogens (primary N) is 1. The number of Topliss-reactive ketones (excluding diaryl/α,β-unsaturated/α-hetero) is 1. The van der Waals surface area contributed by atoms with Gasteiger partial charge in [-0.2, -0.15) is 0 Å². The Balaban J connectivity index is 2.43. The van der Waals surface area contributed by atoms with Gasteiger partial charge in [-0.3, -0.25) is 10.2 Å². The summed E-state index contributed by atoms with van der Waals surface area (Å²) < 4.78 is 15.6. The highest BCUT2D eigenvalue weighted by molar-refractivity contribution is 6.51. The smallest absolute Gasteiger partial charge is 0.211 e. The maximum atomic E-state index is 12.7. The molecule has 0 saturated heterocycles. The Labute approximate surface area is 140 Å². The molecule has 6 heteroatoms. The summed E-state index contributed by atoms with van der Waals surface area (Å²) in [7, 11) is 4.56. The van der Waals surface area contributed by atoms with E-state index >= 15 is 0 Å². The van der Waals surface area contributed by atoms with E-state index in [1.807, 2.05) is 6.92 Å². The second-order valence-corrected chi connectivity index (χ2v) is 5.16. The van der Waals surface area contributed by atoms with Gasteiger partial charge in [-0.05, 0) is 31.2 Å². The zero-order valence-corrected chi connectivity index (χ0v) is 14.1. The fourth-order valence-corrected chi connectivity index (χ4v) is 2.38. The molecular weight excluding hydrogens is 308 g/mol. The molecule has 6 nitrogen and oxygen atoms in total. The maximum Gasteiger partial charge on any atom is 0.211 e. The van der Waals surface area contributed by atoms with Crippen molar-refractivity contribution < 1.29 is 19.0 Å². The van der Waals surface area contributed by atoms with Gasteiger partial charge in [0.25, 0.3) is 0 Å². The fraction of sp³-hybridized carbons (Fsp3) is 0.222. The monoisotopic (exact) mass is 328 g/mol. The van der Waals surface area contributed by atoms with Gasteiger partial charge in [-0.1, -0.05) is 0 Å². The first-order valence-corrected chi connectivity index (χ1v) is 7.22. The number of hydrogen-bond acceptors (Lipinski definition) is 6. The molecule has 2 aromatic rings. The van der Waals surface area contributed by atoms with Crippen LogP contribution in [0.25, 0.3) is 0 Å². The summed E-state index contributed by atoms with van der Waals surface area (Å²) in [5.41, 5.74) is 7.46. The van der Waals surface area contributed by atoms with Crippen LogP contribution in [0.3, 0.4) is 0 Å². The van der Waals surface area contributed by atoms with Crippen molar-refractivity contribution in [2.75, 3.05) is 27.1 Å². The minimum Gasteiger partial charge on any atom is -0.497 e. The van der Waals surface area contributed by atoms with Gasteiger partial charge in [0.05, 0.1) is 21.3 Å². The fourth-order valence-electron chi connectivity index (χ4n) is 2.38. The molecule has 0 aliphatic rings. The van der Waals surface area contributed by atoms with Crippen LogP contribution in [-0.4, -0.2) is 32.8 Å². The largest absolute Gasteiger partial charge is 0.497 e. The van der Waals surface area contributed by atoms with Gasteiger partial charge < -0.3 is 19.9 Å². The molecule has 3 N–H and O–H groups in total. The van der Waals surface area contributed by atoms with Gasteiger partial charge in [0, 0.05) is 28.4 Å². The number of nitrogens with one attached hydrogen (secondary N) is 1. The van der Waals surface area contributed by atoms with Gasteiger partial charge in [-0.25, -0.2) is 0 Å². The van der Waals surface area contributed by atoms with E-state index in [2.05, 4.69) is 0 Å². The molecule has 0 bridgehead atoms. The van der Waals surface area contributed by atoms with Crippen LogP contribution in [0.2, 0.25) is 0 Å². The standard InChI is InChI=1S/C18H20N2O4/c1-10-15(23-3)7-11(8-16(10)24-4)18(21)17(20)13-6-5-12(22-2)9-14(13)19/h5-9,20H,19H2,1-4H3. The van der Waals surface area contributed by atoms with E-state index in [4.69, 9.17) is 25.4 Å². The lowest BCUT2D eigenvalue weighted by molar-refractivity contribution is 0.106. The Morgan fingerprint density at radius 2 is 1.58 bits per heavy atom. The van der Waals surface area contributed by atoms with E-state index in [1.54, 1.807) is 30.3 Å². The minimum atomic E-state index is -0.469. The number of ether oxygens (including phenoxy) is 3. The summed E-state index contributed by atoms with van der Waals surface area (Å²) in [6, 6.07) is 8.01. The van der Waals surface area contributed by atoms with Crippen molar-refractivity contribution in [2.24, 2.45) is 0 Å². The van der Waals surface area contributed by atoms with E-state index in [0.717, 1.165) is 5.56 Å². The Hall–Kier alpha value is -3.02. The number of carbonyl (C=O) groups excluding carboxylic acids is 1. The predicted molar refractivity (Wildman–Crippen MR) is 92.8 cm³/mol. The van der Waals surface area contributed by atoms with Crippen molar-refractivity contribution in [3.63, 3.8) is 0 Å². The average Bonchev–Trinajstić information content (AvgIpc) is 2.60. The first-order valence-electron chi connectivity index (χ1n) is 7.22. The van der Waals surface area contributed by atoms with Crippen LogP contribution in [0, 0.1) is 12.3 Å². The first-order chi connectivity index (χ1) is 11.4. The summed E-state index contributed by atoms with van der Waals surface area (Å²) in [5.74, 6) is 1.14. The van der Waals surface area contributed by atoms with Gasteiger partial charge in [-0.15, -0.1) is 0 Å². The second-order valence-electron chi connectivity index (χ2n) is 5.16. The molecule has 24 heavy (non-hydrogen) atoms. The number of nitrogen functional groups attached to an aromatic ring is 1. The summed E-state index contributed by atoms with van der Waals surface area (Å²) in [5, 5.41) is 8.20. The summed E-state index contributed by atoms with van der Waals surface area (Å²) >= 11 is 0. The average molecular weight is 328 g/mol. The highest BCUT2D eigenvalue weighted by Gasteiger charge is 2.20. The van der Waals surface area contributed by atoms with E-state index in [9.17, 15) is 4.79 Å². The van der Waals surface area contributed by atoms with Crippen molar-refractivity contribution in [2.45, 2.75) is 6.92 Å². The Morgan fingerprint density at radius 3 is 2.04 bits per heavy atom. The molecule has 0 spiro atoms. The molecule has 0 radical (unpaired) electrons. The lowest BCUT2D eigenvalue weighted by Gasteiger charge is -2.13. The molecule has 0 heterocycles. The normalized spacial score (nSPS) is 10.2. The van der Waals surface area contributed by atoms with Gasteiger partial charge in [0.2, 0.25) is 5.78 Å². The minimum absolute atomic E-state index is 0.205. The number of hydrogen-bond donors (Lipinski definition) is 2. The lowest BCUT2D eigenvalue weighted by Crippen LogP contribution is -2.16. The molecule has 0 fully saturated rings. The molecule has 2 aromatic carbocycles. The van der Waals surface area contributed by atoms with E-state index in [-0.39, 0.29) is 5.71 Å². The third kappa shape index (κ3) is 3.17. The number of rotatable bonds is 6. The predicted octanol–water partition coefficient (Wildman–Crippen LogP) is 2.85. The van der Waals surface area contributed by atoms with E-state index in [0.29, 0.717) is 34.1 Å². The molecule has 0 saturated carbocycles. The topological polar surface area (TPSA) is 94.6 Å². The van der Waals surface area contributed by atoms with Crippen molar-refractivity contribution >= 4 is 17.2 Å². The third-order valence-corrected chi connectivity index (χ3v) is 3.77. The summed E-state index contributed by atoms with van der Waals surface area (Å²) in [4.78, 5) is 12.7. The number of ketones is 1. The van der Waals surface area contributed by atoms with Crippen LogP contribution >= 0.6 is 0 Å². The molecule has 0 aliphatic heterocycles. The molecule has 0 aliphatic carbocycles. The van der Waals surface area contributed by atoms with E-state index < -0.39 is 5.78 Å². The Kier molecular flexibility index (Phi) is 5.08. The number of carbonyl (C=O) groups is 1. The lowest BCUT2D eigenvalue weighted by atomic mass is 9.98. The van der Waals surface area contributed by atoms with Crippen LogP contribution < -0.4 is 19.9 Å². The van der Waals surface area contributed by atoms with Crippen LogP contribution in [-0.2, 0) is 0 Å². The van der Waals surface area contributed by atoms with Crippen LogP contribution in [0.5, 0.6) is 17.2 Å². The quantitative estimate of drug-likeness (QED) is 0.483. The number of methoxy groups -OCH3 is 3. The Morgan fingerprint density at radius 1 is 1.00 bits per heavy atom. The van der Waals surface area contributed by atoms with Crippen LogP contribution in [0.4, 0.5) is 5.69 Å². The van der Waals surface area contributed by atoms with Crippen molar-refractivity contribution in [1.82, 2.24) is 0 Å². The maximum absolute atomic E-state index is 12.7. The number of anilines is 1. The van der Waals surface area contributed by atoms with Gasteiger partial charge in [0.1, 0.15) is 23.0 Å². The second kappa shape index (κ2) is 7.04.